The van der Waals surface area contributed by atoms with Crippen LogP contribution in [-0.2, 0) is 22.5 Å². The van der Waals surface area contributed by atoms with Crippen LogP contribution >= 0.6 is 11.3 Å². The highest BCUT2D eigenvalue weighted by atomic mass is 32.1. The van der Waals surface area contributed by atoms with Crippen LogP contribution in [0.4, 0.5) is 5.13 Å². The van der Waals surface area contributed by atoms with Crippen LogP contribution in [0.25, 0.3) is 10.9 Å². The van der Waals surface area contributed by atoms with E-state index in [2.05, 4.69) is 29.0 Å². The van der Waals surface area contributed by atoms with E-state index in [0.29, 0.717) is 23.3 Å². The lowest BCUT2D eigenvalue weighted by atomic mass is 9.95. The van der Waals surface area contributed by atoms with Crippen LogP contribution in [0.5, 0.6) is 0 Å². The van der Waals surface area contributed by atoms with Gasteiger partial charge in [0.25, 0.3) is 5.91 Å². The maximum absolute atomic E-state index is 13.1. The minimum Gasteiger partial charge on any atom is -0.452 e. The average Bonchev–Trinajstić information content (AvgIpc) is 3.14. The highest BCUT2D eigenvalue weighted by Gasteiger charge is 2.27. The predicted octanol–water partition coefficient (Wildman–Crippen LogP) is 3.56. The molecule has 0 radical (unpaired) electrons. The number of ether oxygens (including phenoxy) is 1. The van der Waals surface area contributed by atoms with Crippen LogP contribution in [0.3, 0.4) is 0 Å². The van der Waals surface area contributed by atoms with Crippen molar-refractivity contribution in [1.29, 1.82) is 0 Å². The number of rotatable bonds is 5. The molecule has 8 heteroatoms. The monoisotopic (exact) mass is 424 g/mol. The van der Waals surface area contributed by atoms with E-state index in [1.807, 2.05) is 36.6 Å². The van der Waals surface area contributed by atoms with Gasteiger partial charge >= 0.3 is 5.97 Å². The Morgan fingerprint density at radius 2 is 2.07 bits per heavy atom. The number of para-hydroxylation sites is 1. The number of benzene rings is 1. The second-order valence-electron chi connectivity index (χ2n) is 7.66. The lowest BCUT2D eigenvalue weighted by Gasteiger charge is -2.32. The summed E-state index contributed by atoms with van der Waals surface area (Å²) < 4.78 is 5.42. The first-order valence-corrected chi connectivity index (χ1v) is 10.8. The molecule has 0 spiro atoms. The quantitative estimate of drug-likeness (QED) is 0.631. The summed E-state index contributed by atoms with van der Waals surface area (Å²) in [7, 11) is 0. The summed E-state index contributed by atoms with van der Waals surface area (Å²) in [5.74, 6) is -0.908. The van der Waals surface area contributed by atoms with Gasteiger partial charge in [-0.2, -0.15) is 0 Å². The van der Waals surface area contributed by atoms with Crippen molar-refractivity contribution in [3.63, 3.8) is 0 Å². The summed E-state index contributed by atoms with van der Waals surface area (Å²) in [5.41, 5.74) is 3.94. The number of fused-ring (bicyclic) bond motifs is 2. The van der Waals surface area contributed by atoms with Crippen molar-refractivity contribution in [3.05, 3.63) is 52.2 Å². The van der Waals surface area contributed by atoms with Gasteiger partial charge in [0.05, 0.1) is 16.8 Å². The zero-order valence-corrected chi connectivity index (χ0v) is 18.1. The molecule has 1 amide bonds. The van der Waals surface area contributed by atoms with Gasteiger partial charge in [0.15, 0.2) is 11.7 Å². The van der Waals surface area contributed by atoms with Gasteiger partial charge in [-0.1, -0.05) is 18.2 Å². The summed E-state index contributed by atoms with van der Waals surface area (Å²) in [6.07, 6.45) is 0.780. The number of thiazole rings is 1. The lowest BCUT2D eigenvalue weighted by Crippen LogP contribution is -2.37. The Morgan fingerprint density at radius 1 is 1.27 bits per heavy atom. The van der Waals surface area contributed by atoms with Crippen molar-refractivity contribution < 1.29 is 14.3 Å². The van der Waals surface area contributed by atoms with Gasteiger partial charge in [0.1, 0.15) is 0 Å². The fraction of sp³-hybridized carbons (Fsp3) is 0.364. The second kappa shape index (κ2) is 8.49. The number of hydrogen-bond acceptors (Lipinski definition) is 7. The summed E-state index contributed by atoms with van der Waals surface area (Å²) in [4.78, 5) is 36.6. The first-order chi connectivity index (χ1) is 14.4. The Morgan fingerprint density at radius 3 is 2.80 bits per heavy atom. The van der Waals surface area contributed by atoms with E-state index in [0.717, 1.165) is 40.8 Å². The zero-order chi connectivity index (χ0) is 21.3. The molecule has 1 N–H and O–H groups in total. The fourth-order valence-corrected chi connectivity index (χ4v) is 4.36. The molecule has 30 heavy (non-hydrogen) atoms. The lowest BCUT2D eigenvalue weighted by molar-refractivity contribution is -0.119. The van der Waals surface area contributed by atoms with Gasteiger partial charge in [-0.15, -0.1) is 11.3 Å². The van der Waals surface area contributed by atoms with Crippen LogP contribution < -0.4 is 5.32 Å². The molecule has 1 aromatic carbocycles. The predicted molar refractivity (Wildman–Crippen MR) is 117 cm³/mol. The standard InChI is InChI=1S/C22H24N4O3S/c1-13(2)26-9-8-18-16(10-26)20(15-6-4-5-7-17(15)24-18)21(28)29-11-19(27)25-22-23-14(3)12-30-22/h4-7,12-13H,8-11H2,1-3H3,(H,23,25,27). The molecule has 0 bridgehead atoms. The SMILES string of the molecule is Cc1csc(NC(=O)COC(=O)c2c3c(nc4ccccc24)CCN(C(C)C)C3)n1. The van der Waals surface area contributed by atoms with Crippen LogP contribution in [0.1, 0.15) is 41.2 Å². The zero-order valence-electron chi connectivity index (χ0n) is 17.3. The number of nitrogens with one attached hydrogen (secondary N) is 1. The normalized spacial score (nSPS) is 14.0. The molecule has 156 valence electrons. The van der Waals surface area contributed by atoms with E-state index in [1.165, 1.54) is 11.3 Å². The Hall–Kier alpha value is -2.84. The molecule has 0 atom stereocenters. The number of aryl methyl sites for hydroxylation is 1. The van der Waals surface area contributed by atoms with E-state index in [-0.39, 0.29) is 6.61 Å². The fourth-order valence-electron chi connectivity index (χ4n) is 3.65. The molecule has 1 aliphatic rings. The topological polar surface area (TPSA) is 84.4 Å². The third kappa shape index (κ3) is 4.20. The molecule has 0 unspecified atom stereocenters. The third-order valence-electron chi connectivity index (χ3n) is 5.21. The summed E-state index contributed by atoms with van der Waals surface area (Å²) in [5, 5.41) is 5.75. The smallest absolute Gasteiger partial charge is 0.339 e. The molecule has 3 heterocycles. The van der Waals surface area contributed by atoms with Crippen LogP contribution in [0, 0.1) is 6.92 Å². The molecule has 4 rings (SSSR count). The molecule has 0 fully saturated rings. The van der Waals surface area contributed by atoms with Gasteiger partial charge in [-0.25, -0.2) is 9.78 Å². The molecule has 3 aromatic rings. The summed E-state index contributed by atoms with van der Waals surface area (Å²) in [6.45, 7) is 7.31. The van der Waals surface area contributed by atoms with Gasteiger partial charge < -0.3 is 4.74 Å². The molecule has 7 nitrogen and oxygen atoms in total. The van der Waals surface area contributed by atoms with Gasteiger partial charge in [-0.3, -0.25) is 20.0 Å². The highest BCUT2D eigenvalue weighted by Crippen LogP contribution is 2.29. The van der Waals surface area contributed by atoms with Crippen LogP contribution in [-0.4, -0.2) is 45.9 Å². The number of esters is 1. The third-order valence-corrected chi connectivity index (χ3v) is 6.09. The molecular weight excluding hydrogens is 400 g/mol. The summed E-state index contributed by atoms with van der Waals surface area (Å²) >= 11 is 1.33. The maximum Gasteiger partial charge on any atom is 0.339 e. The summed E-state index contributed by atoms with van der Waals surface area (Å²) in [6, 6.07) is 7.93. The van der Waals surface area contributed by atoms with E-state index >= 15 is 0 Å². The number of pyridine rings is 1. The number of anilines is 1. The first-order valence-electron chi connectivity index (χ1n) is 9.96. The second-order valence-corrected chi connectivity index (χ2v) is 8.52. The van der Waals surface area contributed by atoms with Crippen LogP contribution in [0.2, 0.25) is 0 Å². The first kappa shape index (κ1) is 20.4. The van der Waals surface area contributed by atoms with E-state index in [4.69, 9.17) is 9.72 Å². The van der Waals surface area contributed by atoms with Crippen LogP contribution in [0.15, 0.2) is 29.6 Å². The van der Waals surface area contributed by atoms with Crippen molar-refractivity contribution in [1.82, 2.24) is 14.9 Å². The maximum atomic E-state index is 13.1. The van der Waals surface area contributed by atoms with Gasteiger partial charge in [-0.05, 0) is 26.8 Å². The number of aromatic nitrogens is 2. The minimum absolute atomic E-state index is 0.362. The van der Waals surface area contributed by atoms with Gasteiger partial charge in [0, 0.05) is 47.6 Å². The Bertz CT molecular complexity index is 1110. The van der Waals surface area contributed by atoms with Crippen molar-refractivity contribution in [3.8, 4) is 0 Å². The average molecular weight is 425 g/mol. The number of carbonyl (C=O) groups excluding carboxylic acids is 2. The van der Waals surface area contributed by atoms with E-state index < -0.39 is 11.9 Å². The van der Waals surface area contributed by atoms with Crippen molar-refractivity contribution in [2.24, 2.45) is 0 Å². The molecule has 0 saturated heterocycles. The Labute approximate surface area is 179 Å². The number of amides is 1. The van der Waals surface area contributed by atoms with Crippen molar-refractivity contribution in [2.75, 3.05) is 18.5 Å². The molecule has 0 saturated carbocycles. The van der Waals surface area contributed by atoms with E-state index in [1.54, 1.807) is 0 Å². The number of nitrogens with zero attached hydrogens (tertiary/aromatic N) is 3. The Balaban J connectivity index is 1.59. The number of carbonyl (C=O) groups is 2. The molecular formula is C22H24N4O3S. The Kier molecular flexibility index (Phi) is 5.78. The van der Waals surface area contributed by atoms with Crippen molar-refractivity contribution in [2.45, 2.75) is 39.8 Å². The van der Waals surface area contributed by atoms with Crippen molar-refractivity contribution >= 4 is 39.2 Å². The molecule has 2 aromatic heterocycles. The number of hydrogen-bond donors (Lipinski definition) is 1. The largest absolute Gasteiger partial charge is 0.452 e. The molecule has 1 aliphatic heterocycles. The van der Waals surface area contributed by atoms with E-state index in [9.17, 15) is 9.59 Å². The molecule has 0 aliphatic carbocycles. The minimum atomic E-state index is -0.499. The van der Waals surface area contributed by atoms with Gasteiger partial charge in [0.2, 0.25) is 0 Å². The highest BCUT2D eigenvalue weighted by molar-refractivity contribution is 7.13.